The van der Waals surface area contributed by atoms with E-state index < -0.39 is 10.1 Å². The predicted molar refractivity (Wildman–Crippen MR) is 89.9 cm³/mol. The van der Waals surface area contributed by atoms with E-state index in [-0.39, 0.29) is 4.90 Å². The maximum absolute atomic E-state index is 12.3. The molecule has 2 aromatic rings. The Morgan fingerprint density at radius 2 is 1.74 bits per heavy atom. The third-order valence-corrected chi connectivity index (χ3v) is 5.28. The van der Waals surface area contributed by atoms with Gasteiger partial charge in [-0.2, -0.15) is 8.42 Å². The summed E-state index contributed by atoms with van der Waals surface area (Å²) in [7, 11) is -3.79. The number of nitrogens with zero attached hydrogens (tertiary/aromatic N) is 1. The highest BCUT2D eigenvalue weighted by molar-refractivity contribution is 7.87. The van der Waals surface area contributed by atoms with Gasteiger partial charge in [0.15, 0.2) is 0 Å². The van der Waals surface area contributed by atoms with E-state index in [2.05, 4.69) is 4.90 Å². The van der Waals surface area contributed by atoms with Crippen molar-refractivity contribution in [2.24, 2.45) is 0 Å². The van der Waals surface area contributed by atoms with Gasteiger partial charge in [0.1, 0.15) is 10.6 Å². The number of likely N-dealkylation sites (tertiary alicyclic amines) is 1. The molecule has 0 N–H and O–H groups in total. The molecule has 0 atom stereocenters. The molecule has 122 valence electrons. The van der Waals surface area contributed by atoms with Crippen molar-refractivity contribution in [1.29, 1.82) is 0 Å². The Kier molecular flexibility index (Phi) is 4.68. The van der Waals surface area contributed by atoms with Crippen molar-refractivity contribution >= 4 is 10.1 Å². The molecule has 0 radical (unpaired) electrons. The zero-order valence-corrected chi connectivity index (χ0v) is 14.1. The Hall–Kier alpha value is -1.85. The van der Waals surface area contributed by atoms with Crippen LogP contribution in [0.1, 0.15) is 24.0 Å². The van der Waals surface area contributed by atoms with Crippen LogP contribution in [0.15, 0.2) is 53.4 Å². The molecule has 1 heterocycles. The topological polar surface area (TPSA) is 46.6 Å². The molecule has 0 aliphatic carbocycles. The Labute approximate surface area is 137 Å². The maximum Gasteiger partial charge on any atom is 0.339 e. The number of benzene rings is 2. The van der Waals surface area contributed by atoms with E-state index in [9.17, 15) is 8.42 Å². The number of hydrogen-bond acceptors (Lipinski definition) is 4. The SMILES string of the molecule is Cc1ccc(S(=O)(=O)Oc2cccc(CN3CCCC3)c2)cc1. The average Bonchev–Trinajstić information content (AvgIpc) is 3.00. The standard InChI is InChI=1S/C18H21NO3S/c1-15-7-9-18(10-8-15)23(20,21)22-17-6-4-5-16(13-17)14-19-11-2-3-12-19/h4-10,13H,2-3,11-12,14H2,1H3. The Bertz CT molecular complexity index is 763. The van der Waals surface area contributed by atoms with Crippen molar-refractivity contribution in [2.45, 2.75) is 31.2 Å². The van der Waals surface area contributed by atoms with Crippen LogP contribution in [0.25, 0.3) is 0 Å². The third kappa shape index (κ3) is 4.12. The van der Waals surface area contributed by atoms with Gasteiger partial charge in [0.25, 0.3) is 0 Å². The van der Waals surface area contributed by atoms with E-state index in [0.717, 1.165) is 30.8 Å². The first-order valence-corrected chi connectivity index (χ1v) is 9.26. The molecule has 1 aliphatic heterocycles. The van der Waals surface area contributed by atoms with Gasteiger partial charge in [-0.15, -0.1) is 0 Å². The molecule has 1 fully saturated rings. The molecule has 1 aliphatic rings. The molecule has 1 saturated heterocycles. The molecular formula is C18H21NO3S. The summed E-state index contributed by atoms with van der Waals surface area (Å²) in [6.45, 7) is 4.96. The minimum absolute atomic E-state index is 0.174. The molecule has 0 aromatic heterocycles. The van der Waals surface area contributed by atoms with Gasteiger partial charge in [-0.05, 0) is 62.7 Å². The Balaban J connectivity index is 1.75. The van der Waals surface area contributed by atoms with Gasteiger partial charge >= 0.3 is 10.1 Å². The van der Waals surface area contributed by atoms with Crippen LogP contribution >= 0.6 is 0 Å². The molecule has 0 spiro atoms. The smallest absolute Gasteiger partial charge is 0.339 e. The van der Waals surface area contributed by atoms with E-state index in [1.807, 2.05) is 25.1 Å². The summed E-state index contributed by atoms with van der Waals surface area (Å²) < 4.78 is 30.0. The van der Waals surface area contributed by atoms with Crippen LogP contribution in [0.2, 0.25) is 0 Å². The van der Waals surface area contributed by atoms with E-state index >= 15 is 0 Å². The lowest BCUT2D eigenvalue weighted by molar-refractivity contribution is 0.331. The first-order chi connectivity index (χ1) is 11.0. The molecule has 0 bridgehead atoms. The first-order valence-electron chi connectivity index (χ1n) is 7.85. The van der Waals surface area contributed by atoms with E-state index in [1.54, 1.807) is 30.3 Å². The number of aryl methyl sites for hydroxylation is 1. The minimum atomic E-state index is -3.79. The Morgan fingerprint density at radius 1 is 1.04 bits per heavy atom. The summed E-state index contributed by atoms with van der Waals surface area (Å²) in [5.41, 5.74) is 2.08. The quantitative estimate of drug-likeness (QED) is 0.788. The molecule has 23 heavy (non-hydrogen) atoms. The second-order valence-electron chi connectivity index (χ2n) is 5.98. The first kappa shape index (κ1) is 16.0. The van der Waals surface area contributed by atoms with Gasteiger partial charge in [-0.3, -0.25) is 4.90 Å². The largest absolute Gasteiger partial charge is 0.379 e. The summed E-state index contributed by atoms with van der Waals surface area (Å²) in [6.07, 6.45) is 2.47. The van der Waals surface area contributed by atoms with Crippen LogP contribution in [0.4, 0.5) is 0 Å². The molecule has 5 heteroatoms. The van der Waals surface area contributed by atoms with Gasteiger partial charge in [0, 0.05) is 6.54 Å². The van der Waals surface area contributed by atoms with E-state index in [1.165, 1.54) is 12.8 Å². The highest BCUT2D eigenvalue weighted by Gasteiger charge is 2.17. The minimum Gasteiger partial charge on any atom is -0.379 e. The predicted octanol–water partition coefficient (Wildman–Crippen LogP) is 3.36. The lowest BCUT2D eigenvalue weighted by atomic mass is 10.2. The van der Waals surface area contributed by atoms with Crippen molar-refractivity contribution in [3.05, 3.63) is 59.7 Å². The fraction of sp³-hybridized carbons (Fsp3) is 0.333. The van der Waals surface area contributed by atoms with Crippen LogP contribution in [-0.4, -0.2) is 26.4 Å². The van der Waals surface area contributed by atoms with Gasteiger partial charge in [0.2, 0.25) is 0 Å². The summed E-state index contributed by atoms with van der Waals surface area (Å²) in [6, 6.07) is 14.0. The second-order valence-corrected chi connectivity index (χ2v) is 7.53. The summed E-state index contributed by atoms with van der Waals surface area (Å²) in [4.78, 5) is 2.54. The van der Waals surface area contributed by atoms with Crippen LogP contribution in [0.5, 0.6) is 5.75 Å². The van der Waals surface area contributed by atoms with Crippen molar-refractivity contribution in [2.75, 3.05) is 13.1 Å². The normalized spacial score (nSPS) is 15.7. The van der Waals surface area contributed by atoms with E-state index in [4.69, 9.17) is 4.18 Å². The molecule has 0 amide bonds. The number of rotatable bonds is 5. The van der Waals surface area contributed by atoms with Gasteiger partial charge in [0.05, 0.1) is 0 Å². The third-order valence-electron chi connectivity index (χ3n) is 4.02. The van der Waals surface area contributed by atoms with Crippen molar-refractivity contribution in [3.63, 3.8) is 0 Å². The lowest BCUT2D eigenvalue weighted by Gasteiger charge is -2.15. The van der Waals surface area contributed by atoms with Crippen LogP contribution < -0.4 is 4.18 Å². The maximum atomic E-state index is 12.3. The number of hydrogen-bond donors (Lipinski definition) is 0. The molecule has 4 nitrogen and oxygen atoms in total. The Morgan fingerprint density at radius 3 is 2.43 bits per heavy atom. The highest BCUT2D eigenvalue weighted by atomic mass is 32.2. The summed E-state index contributed by atoms with van der Waals surface area (Å²) >= 11 is 0. The lowest BCUT2D eigenvalue weighted by Crippen LogP contribution is -2.18. The highest BCUT2D eigenvalue weighted by Crippen LogP contribution is 2.21. The fourth-order valence-electron chi connectivity index (χ4n) is 2.77. The van der Waals surface area contributed by atoms with Crippen LogP contribution in [-0.2, 0) is 16.7 Å². The van der Waals surface area contributed by atoms with Gasteiger partial charge in [-0.1, -0.05) is 29.8 Å². The van der Waals surface area contributed by atoms with Crippen molar-refractivity contribution in [3.8, 4) is 5.75 Å². The molecule has 0 unspecified atom stereocenters. The molecule has 2 aromatic carbocycles. The van der Waals surface area contributed by atoms with Crippen LogP contribution in [0.3, 0.4) is 0 Å². The van der Waals surface area contributed by atoms with E-state index in [0.29, 0.717) is 5.75 Å². The monoisotopic (exact) mass is 331 g/mol. The molecule has 3 rings (SSSR count). The zero-order chi connectivity index (χ0) is 16.3. The summed E-state index contributed by atoms with van der Waals surface area (Å²) in [5.74, 6) is 0.363. The van der Waals surface area contributed by atoms with Gasteiger partial charge < -0.3 is 4.18 Å². The molecular weight excluding hydrogens is 310 g/mol. The van der Waals surface area contributed by atoms with Gasteiger partial charge in [-0.25, -0.2) is 0 Å². The average molecular weight is 331 g/mol. The second kappa shape index (κ2) is 6.72. The van der Waals surface area contributed by atoms with Crippen LogP contribution in [0, 0.1) is 6.92 Å². The molecule has 0 saturated carbocycles. The summed E-state index contributed by atoms with van der Waals surface area (Å²) in [5, 5.41) is 0. The van der Waals surface area contributed by atoms with Crippen molar-refractivity contribution in [1.82, 2.24) is 4.90 Å². The fourth-order valence-corrected chi connectivity index (χ4v) is 3.70. The van der Waals surface area contributed by atoms with Crippen molar-refractivity contribution < 1.29 is 12.6 Å². The zero-order valence-electron chi connectivity index (χ0n) is 13.2.